The van der Waals surface area contributed by atoms with E-state index in [-0.39, 0.29) is 5.91 Å². The Morgan fingerprint density at radius 3 is 2.57 bits per heavy atom. The first kappa shape index (κ1) is 15.8. The van der Waals surface area contributed by atoms with E-state index in [0.29, 0.717) is 25.1 Å². The number of carbonyl (C=O) groups excluding carboxylic acids is 1. The molecular formula is C17H26N2O2. The van der Waals surface area contributed by atoms with Gasteiger partial charge < -0.3 is 15.0 Å². The van der Waals surface area contributed by atoms with Gasteiger partial charge in [-0.1, -0.05) is 18.2 Å². The van der Waals surface area contributed by atoms with Gasteiger partial charge in [-0.05, 0) is 38.8 Å². The molecule has 0 spiro atoms. The Hall–Kier alpha value is -1.55. The first-order valence-corrected chi connectivity index (χ1v) is 7.86. The van der Waals surface area contributed by atoms with Crippen LogP contribution in [0.25, 0.3) is 0 Å². The molecule has 4 heteroatoms. The van der Waals surface area contributed by atoms with Crippen LogP contribution in [0.1, 0.15) is 33.1 Å². The summed E-state index contributed by atoms with van der Waals surface area (Å²) in [4.78, 5) is 14.4. The third-order valence-corrected chi connectivity index (χ3v) is 3.97. The normalized spacial score (nSPS) is 16.9. The Morgan fingerprint density at radius 2 is 1.95 bits per heavy atom. The SMILES string of the molecule is CC(C)N1CCC(NC(=O)CCOc2ccccc2)CC1. The average molecular weight is 290 g/mol. The van der Waals surface area contributed by atoms with Crippen molar-refractivity contribution in [3.8, 4) is 5.75 Å². The average Bonchev–Trinajstić information content (AvgIpc) is 2.49. The predicted molar refractivity (Wildman–Crippen MR) is 84.4 cm³/mol. The highest BCUT2D eigenvalue weighted by Crippen LogP contribution is 2.13. The largest absolute Gasteiger partial charge is 0.493 e. The summed E-state index contributed by atoms with van der Waals surface area (Å²) in [6, 6.07) is 10.5. The van der Waals surface area contributed by atoms with Crippen molar-refractivity contribution >= 4 is 5.91 Å². The van der Waals surface area contributed by atoms with Crippen LogP contribution in [-0.4, -0.2) is 42.6 Å². The van der Waals surface area contributed by atoms with Crippen LogP contribution in [0.5, 0.6) is 5.75 Å². The van der Waals surface area contributed by atoms with Crippen molar-refractivity contribution in [3.05, 3.63) is 30.3 Å². The van der Waals surface area contributed by atoms with E-state index >= 15 is 0 Å². The number of carbonyl (C=O) groups is 1. The van der Waals surface area contributed by atoms with Crippen molar-refractivity contribution < 1.29 is 9.53 Å². The number of benzene rings is 1. The van der Waals surface area contributed by atoms with Crippen LogP contribution in [-0.2, 0) is 4.79 Å². The quantitative estimate of drug-likeness (QED) is 0.875. The van der Waals surface area contributed by atoms with Crippen LogP contribution in [0.3, 0.4) is 0 Å². The minimum atomic E-state index is 0.0916. The summed E-state index contributed by atoms with van der Waals surface area (Å²) in [5, 5.41) is 3.12. The lowest BCUT2D eigenvalue weighted by Gasteiger charge is -2.34. The molecule has 116 valence electrons. The Morgan fingerprint density at radius 1 is 1.29 bits per heavy atom. The number of piperidine rings is 1. The topological polar surface area (TPSA) is 41.6 Å². The molecule has 1 N–H and O–H groups in total. The Balaban J connectivity index is 1.62. The number of rotatable bonds is 6. The zero-order chi connectivity index (χ0) is 15.1. The van der Waals surface area contributed by atoms with E-state index in [4.69, 9.17) is 4.74 Å². The first-order valence-electron chi connectivity index (χ1n) is 7.86. The third-order valence-electron chi connectivity index (χ3n) is 3.97. The summed E-state index contributed by atoms with van der Waals surface area (Å²) in [6.45, 7) is 7.02. The van der Waals surface area contributed by atoms with E-state index in [1.807, 2.05) is 30.3 Å². The fraction of sp³-hybridized carbons (Fsp3) is 0.588. The second kappa shape index (κ2) is 8.03. The molecule has 2 rings (SSSR count). The molecule has 1 fully saturated rings. The van der Waals surface area contributed by atoms with Crippen molar-refractivity contribution in [2.45, 2.75) is 45.2 Å². The summed E-state index contributed by atoms with van der Waals surface area (Å²) < 4.78 is 5.55. The van der Waals surface area contributed by atoms with Crippen LogP contribution in [0, 0.1) is 0 Å². The van der Waals surface area contributed by atoms with Gasteiger partial charge in [0.25, 0.3) is 0 Å². The number of para-hydroxylation sites is 1. The smallest absolute Gasteiger partial charge is 0.223 e. The monoisotopic (exact) mass is 290 g/mol. The second-order valence-corrected chi connectivity index (χ2v) is 5.88. The molecule has 1 aliphatic rings. The highest BCUT2D eigenvalue weighted by molar-refractivity contribution is 5.76. The van der Waals surface area contributed by atoms with Crippen molar-refractivity contribution in [1.29, 1.82) is 0 Å². The summed E-state index contributed by atoms with van der Waals surface area (Å²) in [7, 11) is 0. The van der Waals surface area contributed by atoms with Gasteiger partial charge >= 0.3 is 0 Å². The van der Waals surface area contributed by atoms with Crippen molar-refractivity contribution in [3.63, 3.8) is 0 Å². The number of nitrogens with one attached hydrogen (secondary N) is 1. The van der Waals surface area contributed by atoms with Crippen LogP contribution >= 0.6 is 0 Å². The number of amides is 1. The van der Waals surface area contributed by atoms with E-state index in [2.05, 4.69) is 24.1 Å². The maximum Gasteiger partial charge on any atom is 0.223 e. The molecule has 0 radical (unpaired) electrons. The Kier molecular flexibility index (Phi) is 6.05. The third kappa shape index (κ3) is 5.38. The van der Waals surface area contributed by atoms with Crippen molar-refractivity contribution in [1.82, 2.24) is 10.2 Å². The first-order chi connectivity index (χ1) is 10.1. The zero-order valence-electron chi connectivity index (χ0n) is 13.0. The Labute approximate surface area is 127 Å². The summed E-state index contributed by atoms with van der Waals surface area (Å²) in [5.74, 6) is 0.907. The molecule has 1 aromatic rings. The molecule has 21 heavy (non-hydrogen) atoms. The molecule has 0 bridgehead atoms. The van der Waals surface area contributed by atoms with Gasteiger partial charge in [-0.15, -0.1) is 0 Å². The molecule has 0 saturated carbocycles. The van der Waals surface area contributed by atoms with Crippen molar-refractivity contribution in [2.75, 3.05) is 19.7 Å². The fourth-order valence-corrected chi connectivity index (χ4v) is 2.64. The van der Waals surface area contributed by atoms with E-state index < -0.39 is 0 Å². The van der Waals surface area contributed by atoms with Gasteiger partial charge in [-0.25, -0.2) is 0 Å². The number of likely N-dealkylation sites (tertiary alicyclic amines) is 1. The molecule has 1 saturated heterocycles. The number of ether oxygens (including phenoxy) is 1. The van der Waals surface area contributed by atoms with Crippen molar-refractivity contribution in [2.24, 2.45) is 0 Å². The lowest BCUT2D eigenvalue weighted by molar-refractivity contribution is -0.122. The van der Waals surface area contributed by atoms with E-state index in [1.54, 1.807) is 0 Å². The maximum atomic E-state index is 11.9. The van der Waals surface area contributed by atoms with Gasteiger partial charge in [0.15, 0.2) is 0 Å². The minimum Gasteiger partial charge on any atom is -0.493 e. The van der Waals surface area contributed by atoms with Gasteiger partial charge in [0.1, 0.15) is 5.75 Å². The lowest BCUT2D eigenvalue weighted by Crippen LogP contribution is -2.46. The number of hydrogen-bond acceptors (Lipinski definition) is 3. The summed E-state index contributed by atoms with van der Waals surface area (Å²) in [6.07, 6.45) is 2.51. The zero-order valence-corrected chi connectivity index (χ0v) is 13.0. The van der Waals surface area contributed by atoms with Crippen LogP contribution in [0.15, 0.2) is 30.3 Å². The lowest BCUT2D eigenvalue weighted by atomic mass is 10.0. The van der Waals surface area contributed by atoms with Crippen LogP contribution < -0.4 is 10.1 Å². The van der Waals surface area contributed by atoms with E-state index in [0.717, 1.165) is 31.7 Å². The Bertz CT molecular complexity index is 426. The molecule has 0 atom stereocenters. The molecule has 1 aliphatic heterocycles. The highest BCUT2D eigenvalue weighted by atomic mass is 16.5. The molecule has 1 amide bonds. The standard InChI is InChI=1S/C17H26N2O2/c1-14(2)19-11-8-15(9-12-19)18-17(20)10-13-21-16-6-4-3-5-7-16/h3-7,14-15H,8-13H2,1-2H3,(H,18,20). The summed E-state index contributed by atoms with van der Waals surface area (Å²) >= 11 is 0. The second-order valence-electron chi connectivity index (χ2n) is 5.88. The molecular weight excluding hydrogens is 264 g/mol. The van der Waals surface area contributed by atoms with Crippen LogP contribution in [0.4, 0.5) is 0 Å². The van der Waals surface area contributed by atoms with Gasteiger partial charge in [-0.2, -0.15) is 0 Å². The molecule has 0 aliphatic carbocycles. The number of hydrogen-bond donors (Lipinski definition) is 1. The summed E-state index contributed by atoms with van der Waals surface area (Å²) in [5.41, 5.74) is 0. The van der Waals surface area contributed by atoms with Gasteiger partial charge in [-0.3, -0.25) is 4.79 Å². The molecule has 1 aromatic carbocycles. The fourth-order valence-electron chi connectivity index (χ4n) is 2.64. The minimum absolute atomic E-state index is 0.0916. The molecule has 1 heterocycles. The van der Waals surface area contributed by atoms with Gasteiger partial charge in [0, 0.05) is 25.2 Å². The highest BCUT2D eigenvalue weighted by Gasteiger charge is 2.21. The van der Waals surface area contributed by atoms with E-state index in [1.165, 1.54) is 0 Å². The van der Waals surface area contributed by atoms with Gasteiger partial charge in [0.05, 0.1) is 13.0 Å². The maximum absolute atomic E-state index is 11.9. The predicted octanol–water partition coefficient (Wildman–Crippen LogP) is 2.44. The number of nitrogens with zero attached hydrogens (tertiary/aromatic N) is 1. The molecule has 4 nitrogen and oxygen atoms in total. The van der Waals surface area contributed by atoms with Gasteiger partial charge in [0.2, 0.25) is 5.91 Å². The molecule has 0 aromatic heterocycles. The van der Waals surface area contributed by atoms with E-state index in [9.17, 15) is 4.79 Å². The van der Waals surface area contributed by atoms with Crippen LogP contribution in [0.2, 0.25) is 0 Å². The molecule has 0 unspecified atom stereocenters.